The van der Waals surface area contributed by atoms with Gasteiger partial charge in [0, 0.05) is 6.42 Å². The normalized spacial score (nSPS) is 12.3. The third-order valence-electron chi connectivity index (χ3n) is 5.03. The number of hydrogen-bond acceptors (Lipinski definition) is 3. The first-order chi connectivity index (χ1) is 12.7. The molecule has 0 amide bonds. The van der Waals surface area contributed by atoms with Crippen LogP contribution in [0.5, 0.6) is 0 Å². The molecule has 0 bridgehead atoms. The summed E-state index contributed by atoms with van der Waals surface area (Å²) >= 11 is 0. The van der Waals surface area contributed by atoms with Gasteiger partial charge in [0.25, 0.3) is 0 Å². The van der Waals surface area contributed by atoms with Gasteiger partial charge in [-0.1, -0.05) is 110 Å². The Morgan fingerprint density at radius 3 is 1.54 bits per heavy atom. The van der Waals surface area contributed by atoms with E-state index >= 15 is 0 Å². The first kappa shape index (κ1) is 25.4. The molecule has 26 heavy (non-hydrogen) atoms. The minimum Gasteiger partial charge on any atom is -0.463 e. The number of carbonyl (C=O) groups is 1. The zero-order valence-corrected chi connectivity index (χ0v) is 17.8. The third kappa shape index (κ3) is 19.8. The van der Waals surface area contributed by atoms with Gasteiger partial charge in [-0.3, -0.25) is 4.79 Å². The first-order valence-corrected chi connectivity index (χ1v) is 11.5. The van der Waals surface area contributed by atoms with E-state index in [0.717, 1.165) is 19.3 Å². The van der Waals surface area contributed by atoms with Crippen molar-refractivity contribution in [1.29, 1.82) is 0 Å². The van der Waals surface area contributed by atoms with E-state index in [0.29, 0.717) is 6.42 Å². The van der Waals surface area contributed by atoms with Gasteiger partial charge in [0.2, 0.25) is 0 Å². The fraction of sp³-hybridized carbons (Fsp3) is 0.957. The fourth-order valence-electron chi connectivity index (χ4n) is 3.30. The van der Waals surface area contributed by atoms with Gasteiger partial charge in [-0.25, -0.2) is 0 Å². The number of ether oxygens (including phenoxy) is 1. The summed E-state index contributed by atoms with van der Waals surface area (Å²) in [7, 11) is 0. The van der Waals surface area contributed by atoms with Crippen LogP contribution in [0.15, 0.2) is 0 Å². The van der Waals surface area contributed by atoms with Crippen molar-refractivity contribution in [3.05, 3.63) is 0 Å². The van der Waals surface area contributed by atoms with E-state index in [1.54, 1.807) is 0 Å². The molecule has 0 spiro atoms. The maximum atomic E-state index is 11.2. The lowest BCUT2D eigenvalue weighted by Crippen LogP contribution is -2.18. The number of rotatable bonds is 20. The predicted octanol–water partition coefficient (Wildman–Crippen LogP) is 6.95. The molecule has 0 saturated heterocycles. The van der Waals surface area contributed by atoms with E-state index in [2.05, 4.69) is 6.92 Å². The van der Waals surface area contributed by atoms with Crippen molar-refractivity contribution in [2.45, 2.75) is 136 Å². The smallest absolute Gasteiger partial charge is 0.305 e. The monoisotopic (exact) mass is 370 g/mol. The molecular weight excluding hydrogens is 324 g/mol. The second-order valence-electron chi connectivity index (χ2n) is 7.83. The highest BCUT2D eigenvalue weighted by Crippen LogP contribution is 2.14. The van der Waals surface area contributed by atoms with Crippen molar-refractivity contribution in [2.75, 3.05) is 6.61 Å². The van der Waals surface area contributed by atoms with Crippen molar-refractivity contribution in [3.8, 4) is 0 Å². The fourth-order valence-corrected chi connectivity index (χ4v) is 3.30. The van der Waals surface area contributed by atoms with E-state index in [1.807, 2.05) is 6.92 Å². The summed E-state index contributed by atoms with van der Waals surface area (Å²) in [4.78, 5) is 11.2. The van der Waals surface area contributed by atoms with Gasteiger partial charge in [-0.15, -0.1) is 0 Å². The zero-order chi connectivity index (χ0) is 19.3. The molecule has 156 valence electrons. The number of esters is 1. The van der Waals surface area contributed by atoms with Gasteiger partial charge < -0.3 is 9.84 Å². The van der Waals surface area contributed by atoms with Crippen LogP contribution in [-0.4, -0.2) is 23.8 Å². The number of aliphatic hydroxyl groups is 1. The molecule has 0 saturated carbocycles. The topological polar surface area (TPSA) is 46.5 Å². The summed E-state index contributed by atoms with van der Waals surface area (Å²) in [6.07, 6.45) is 21.8. The van der Waals surface area contributed by atoms with Crippen molar-refractivity contribution in [1.82, 2.24) is 0 Å². The van der Waals surface area contributed by atoms with Crippen molar-refractivity contribution >= 4 is 5.97 Å². The van der Waals surface area contributed by atoms with Crippen LogP contribution in [0.4, 0.5) is 0 Å². The summed E-state index contributed by atoms with van der Waals surface area (Å²) in [5.41, 5.74) is 0. The molecule has 3 nitrogen and oxygen atoms in total. The maximum Gasteiger partial charge on any atom is 0.305 e. The second kappa shape index (κ2) is 20.7. The van der Waals surface area contributed by atoms with Crippen LogP contribution < -0.4 is 0 Å². The second-order valence-corrected chi connectivity index (χ2v) is 7.83. The minimum absolute atomic E-state index is 0.164. The van der Waals surface area contributed by atoms with Crippen LogP contribution in [0, 0.1) is 0 Å². The molecule has 0 aliphatic carbocycles. The Morgan fingerprint density at radius 2 is 1.12 bits per heavy atom. The molecule has 3 heteroatoms. The predicted molar refractivity (Wildman–Crippen MR) is 111 cm³/mol. The lowest BCUT2D eigenvalue weighted by Gasteiger charge is -2.11. The summed E-state index contributed by atoms with van der Waals surface area (Å²) in [5, 5.41) is 9.79. The minimum atomic E-state index is -0.488. The number of unbranched alkanes of at least 4 members (excludes halogenated alkanes) is 14. The van der Waals surface area contributed by atoms with E-state index in [1.165, 1.54) is 89.9 Å². The first-order valence-electron chi connectivity index (χ1n) is 11.5. The average Bonchev–Trinajstić information content (AvgIpc) is 2.63. The molecule has 0 aliphatic rings. The summed E-state index contributed by atoms with van der Waals surface area (Å²) in [6.45, 7) is 4.39. The van der Waals surface area contributed by atoms with Crippen LogP contribution in [0.3, 0.4) is 0 Å². The summed E-state index contributed by atoms with van der Waals surface area (Å²) in [6, 6.07) is 0. The molecule has 0 fully saturated rings. The molecule has 1 N–H and O–H groups in total. The largest absolute Gasteiger partial charge is 0.463 e. The molecular formula is C23H46O3. The average molecular weight is 371 g/mol. The quantitative estimate of drug-likeness (QED) is 0.186. The highest BCUT2D eigenvalue weighted by Gasteiger charge is 2.07. The number of hydrogen-bond donors (Lipinski definition) is 1. The Hall–Kier alpha value is -0.570. The SMILES string of the molecule is CCCCCCCCCCCCCCCCCC(O)COC(=O)CCC. The Morgan fingerprint density at radius 1 is 0.692 bits per heavy atom. The molecule has 0 heterocycles. The van der Waals surface area contributed by atoms with Crippen LogP contribution >= 0.6 is 0 Å². The lowest BCUT2D eigenvalue weighted by molar-refractivity contribution is -0.146. The number of aliphatic hydroxyl groups excluding tert-OH is 1. The van der Waals surface area contributed by atoms with Gasteiger partial charge in [0.15, 0.2) is 0 Å². The highest BCUT2D eigenvalue weighted by atomic mass is 16.5. The van der Waals surface area contributed by atoms with E-state index in [-0.39, 0.29) is 12.6 Å². The molecule has 0 rings (SSSR count). The molecule has 1 atom stereocenters. The van der Waals surface area contributed by atoms with Gasteiger partial charge in [0.05, 0.1) is 6.10 Å². The Kier molecular flexibility index (Phi) is 20.3. The van der Waals surface area contributed by atoms with Crippen molar-refractivity contribution in [3.63, 3.8) is 0 Å². The van der Waals surface area contributed by atoms with Gasteiger partial charge in [0.1, 0.15) is 6.61 Å². The molecule has 0 radical (unpaired) electrons. The maximum absolute atomic E-state index is 11.2. The third-order valence-corrected chi connectivity index (χ3v) is 5.03. The lowest BCUT2D eigenvalue weighted by atomic mass is 10.0. The van der Waals surface area contributed by atoms with E-state index in [4.69, 9.17) is 4.74 Å². The van der Waals surface area contributed by atoms with Crippen LogP contribution in [0.25, 0.3) is 0 Å². The molecule has 0 aromatic heterocycles. The molecule has 0 aliphatic heterocycles. The zero-order valence-electron chi connectivity index (χ0n) is 17.8. The molecule has 0 aromatic rings. The highest BCUT2D eigenvalue weighted by molar-refractivity contribution is 5.69. The Labute approximate surface area is 163 Å². The van der Waals surface area contributed by atoms with Gasteiger partial charge in [-0.2, -0.15) is 0 Å². The Balaban J connectivity index is 3.16. The summed E-state index contributed by atoms with van der Waals surface area (Å²) < 4.78 is 5.03. The van der Waals surface area contributed by atoms with Crippen LogP contribution in [0.2, 0.25) is 0 Å². The van der Waals surface area contributed by atoms with E-state index < -0.39 is 6.10 Å². The van der Waals surface area contributed by atoms with E-state index in [9.17, 15) is 9.90 Å². The van der Waals surface area contributed by atoms with Gasteiger partial charge >= 0.3 is 5.97 Å². The standard InChI is InChI=1S/C23H46O3/c1-3-5-6-7-8-9-10-11-12-13-14-15-16-17-18-20-22(24)21-26-23(25)19-4-2/h22,24H,3-21H2,1-2H3. The van der Waals surface area contributed by atoms with Gasteiger partial charge in [-0.05, 0) is 12.8 Å². The van der Waals surface area contributed by atoms with Crippen molar-refractivity contribution in [2.24, 2.45) is 0 Å². The number of carbonyl (C=O) groups excluding carboxylic acids is 1. The van der Waals surface area contributed by atoms with Crippen molar-refractivity contribution < 1.29 is 14.6 Å². The molecule has 1 unspecified atom stereocenters. The van der Waals surface area contributed by atoms with Crippen LogP contribution in [-0.2, 0) is 9.53 Å². The molecule has 0 aromatic carbocycles. The summed E-state index contributed by atoms with van der Waals surface area (Å²) in [5.74, 6) is -0.192. The Bertz CT molecular complexity index is 291. The van der Waals surface area contributed by atoms with Crippen LogP contribution in [0.1, 0.15) is 129 Å².